The highest BCUT2D eigenvalue weighted by atomic mass is 32.2. The van der Waals surface area contributed by atoms with Crippen LogP contribution in [0.25, 0.3) is 0 Å². The van der Waals surface area contributed by atoms with E-state index in [1.165, 1.54) is 11.8 Å². The molecule has 2 rings (SSSR count). The lowest BCUT2D eigenvalue weighted by Crippen LogP contribution is -2.51. The van der Waals surface area contributed by atoms with Crippen LogP contribution in [0.4, 0.5) is 0 Å². The average Bonchev–Trinajstić information content (AvgIpc) is 2.48. The normalized spacial score (nSPS) is 20.7. The van der Waals surface area contributed by atoms with Crippen molar-refractivity contribution < 1.29 is 13.2 Å². The third-order valence-corrected chi connectivity index (χ3v) is 6.59. The molecule has 0 unspecified atom stereocenters. The van der Waals surface area contributed by atoms with E-state index in [0.717, 1.165) is 11.3 Å². The second-order valence-corrected chi connectivity index (χ2v) is 9.33. The van der Waals surface area contributed by atoms with Crippen molar-refractivity contribution in [1.29, 1.82) is 0 Å². The van der Waals surface area contributed by atoms with Crippen LogP contribution in [0, 0.1) is 12.8 Å². The summed E-state index contributed by atoms with van der Waals surface area (Å²) in [5.74, 6) is 1.00. The van der Waals surface area contributed by atoms with Gasteiger partial charge in [-0.15, -0.1) is 0 Å². The van der Waals surface area contributed by atoms with Gasteiger partial charge >= 0.3 is 0 Å². The predicted octanol–water partition coefficient (Wildman–Crippen LogP) is 2.12. The number of thioether (sulfide) groups is 1. The van der Waals surface area contributed by atoms with Crippen LogP contribution in [-0.2, 0) is 21.1 Å². The molecule has 6 heteroatoms. The molecular weight excluding hydrogens is 318 g/mol. The number of rotatable bonds is 4. The minimum absolute atomic E-state index is 0.0590. The second kappa shape index (κ2) is 7.04. The third kappa shape index (κ3) is 4.26. The van der Waals surface area contributed by atoms with Crippen molar-refractivity contribution in [1.82, 2.24) is 4.90 Å². The molecule has 0 bridgehead atoms. The van der Waals surface area contributed by atoms with Gasteiger partial charge in [-0.25, -0.2) is 8.42 Å². The van der Waals surface area contributed by atoms with E-state index in [-0.39, 0.29) is 11.8 Å². The standard InChI is InChI=1S/C16H23NO3S2/c1-12-4-6-14(7-5-12)10-13(2)16(18)17-8-9-21-11-15(17)22(3,19)20/h4-7,13,15H,8-11H2,1-3H3/t13-,15-/m0/s1. The highest BCUT2D eigenvalue weighted by Crippen LogP contribution is 2.23. The number of nitrogens with zero attached hydrogens (tertiary/aromatic N) is 1. The zero-order valence-electron chi connectivity index (χ0n) is 13.3. The summed E-state index contributed by atoms with van der Waals surface area (Å²) in [5, 5.41) is -0.681. The number of hydrogen-bond acceptors (Lipinski definition) is 4. The Labute approximate surface area is 137 Å². The number of aryl methyl sites for hydroxylation is 1. The lowest BCUT2D eigenvalue weighted by Gasteiger charge is -2.35. The number of sulfone groups is 1. The molecule has 1 aromatic rings. The quantitative estimate of drug-likeness (QED) is 0.842. The summed E-state index contributed by atoms with van der Waals surface area (Å²) in [7, 11) is -3.25. The van der Waals surface area contributed by atoms with Gasteiger partial charge in [0.25, 0.3) is 0 Å². The molecule has 0 radical (unpaired) electrons. The highest BCUT2D eigenvalue weighted by Gasteiger charge is 2.35. The van der Waals surface area contributed by atoms with Gasteiger partial charge in [0, 0.05) is 30.2 Å². The van der Waals surface area contributed by atoms with Crippen molar-refractivity contribution in [2.75, 3.05) is 24.3 Å². The lowest BCUT2D eigenvalue weighted by atomic mass is 9.99. The number of hydrogen-bond donors (Lipinski definition) is 0. The van der Waals surface area contributed by atoms with E-state index >= 15 is 0 Å². The smallest absolute Gasteiger partial charge is 0.226 e. The van der Waals surface area contributed by atoms with Crippen molar-refractivity contribution in [2.45, 2.75) is 25.6 Å². The molecule has 1 aromatic carbocycles. The van der Waals surface area contributed by atoms with Crippen LogP contribution in [-0.4, -0.2) is 48.9 Å². The molecule has 1 saturated heterocycles. The molecule has 0 N–H and O–H groups in total. The highest BCUT2D eigenvalue weighted by molar-refractivity contribution is 8.00. The SMILES string of the molecule is Cc1ccc(C[C@H](C)C(=O)N2CCSC[C@@H]2S(C)(=O)=O)cc1. The summed E-state index contributed by atoms with van der Waals surface area (Å²) in [6.07, 6.45) is 1.85. The van der Waals surface area contributed by atoms with Gasteiger partial charge in [0.2, 0.25) is 5.91 Å². The van der Waals surface area contributed by atoms with Gasteiger partial charge in [0.1, 0.15) is 5.37 Å². The van der Waals surface area contributed by atoms with Crippen LogP contribution in [0.15, 0.2) is 24.3 Å². The van der Waals surface area contributed by atoms with Gasteiger partial charge in [-0.1, -0.05) is 36.8 Å². The van der Waals surface area contributed by atoms with Crippen LogP contribution >= 0.6 is 11.8 Å². The molecule has 0 saturated carbocycles. The van der Waals surface area contributed by atoms with E-state index in [4.69, 9.17) is 0 Å². The Kier molecular flexibility index (Phi) is 5.55. The van der Waals surface area contributed by atoms with Crippen LogP contribution < -0.4 is 0 Å². The zero-order valence-corrected chi connectivity index (χ0v) is 14.9. The molecule has 1 amide bonds. The van der Waals surface area contributed by atoms with E-state index in [1.807, 2.05) is 38.1 Å². The number of amides is 1. The Morgan fingerprint density at radius 1 is 1.36 bits per heavy atom. The van der Waals surface area contributed by atoms with Crippen molar-refractivity contribution in [2.24, 2.45) is 5.92 Å². The van der Waals surface area contributed by atoms with Crippen molar-refractivity contribution in [3.63, 3.8) is 0 Å². The molecular formula is C16H23NO3S2. The monoisotopic (exact) mass is 341 g/mol. The third-order valence-electron chi connectivity index (χ3n) is 3.95. The van der Waals surface area contributed by atoms with Crippen LogP contribution in [0.5, 0.6) is 0 Å². The second-order valence-electron chi connectivity index (χ2n) is 5.98. The molecule has 22 heavy (non-hydrogen) atoms. The Morgan fingerprint density at radius 3 is 2.59 bits per heavy atom. The topological polar surface area (TPSA) is 54.5 Å². The molecule has 1 fully saturated rings. The molecule has 0 spiro atoms. The van der Waals surface area contributed by atoms with Gasteiger partial charge in [-0.05, 0) is 18.9 Å². The molecule has 1 heterocycles. The average molecular weight is 341 g/mol. The van der Waals surface area contributed by atoms with Crippen LogP contribution in [0.1, 0.15) is 18.1 Å². The first-order valence-corrected chi connectivity index (χ1v) is 10.5. The fourth-order valence-corrected chi connectivity index (χ4v) is 5.46. The Bertz CT molecular complexity index is 625. The fraction of sp³-hybridized carbons (Fsp3) is 0.562. The van der Waals surface area contributed by atoms with Crippen LogP contribution in [0.3, 0.4) is 0 Å². The number of benzene rings is 1. The minimum atomic E-state index is -3.25. The maximum Gasteiger partial charge on any atom is 0.226 e. The summed E-state index contributed by atoms with van der Waals surface area (Å²) < 4.78 is 23.8. The van der Waals surface area contributed by atoms with Crippen molar-refractivity contribution >= 4 is 27.5 Å². The first-order valence-electron chi connectivity index (χ1n) is 7.41. The molecule has 1 aliphatic rings. The van der Waals surface area contributed by atoms with Gasteiger partial charge in [-0.2, -0.15) is 11.8 Å². The zero-order chi connectivity index (χ0) is 16.3. The molecule has 0 aliphatic carbocycles. The van der Waals surface area contributed by atoms with E-state index in [1.54, 1.807) is 16.7 Å². The maximum atomic E-state index is 12.7. The number of carbonyl (C=O) groups is 1. The van der Waals surface area contributed by atoms with Gasteiger partial charge in [-0.3, -0.25) is 4.79 Å². The first kappa shape index (κ1) is 17.3. The summed E-state index contributed by atoms with van der Waals surface area (Å²) >= 11 is 1.60. The Balaban J connectivity index is 2.09. The lowest BCUT2D eigenvalue weighted by molar-refractivity contribution is -0.135. The summed E-state index contributed by atoms with van der Waals surface area (Å²) in [6, 6.07) is 8.12. The van der Waals surface area contributed by atoms with E-state index in [9.17, 15) is 13.2 Å². The molecule has 4 nitrogen and oxygen atoms in total. The summed E-state index contributed by atoms with van der Waals surface area (Å²) in [4.78, 5) is 14.2. The van der Waals surface area contributed by atoms with Gasteiger partial charge in [0.05, 0.1) is 0 Å². The molecule has 122 valence electrons. The van der Waals surface area contributed by atoms with E-state index in [0.29, 0.717) is 18.7 Å². The predicted molar refractivity (Wildman–Crippen MR) is 91.7 cm³/mol. The Hall–Kier alpha value is -1.01. The van der Waals surface area contributed by atoms with Crippen molar-refractivity contribution in [3.8, 4) is 0 Å². The molecule has 1 aliphatic heterocycles. The number of carbonyl (C=O) groups excluding carboxylic acids is 1. The van der Waals surface area contributed by atoms with E-state index < -0.39 is 15.2 Å². The van der Waals surface area contributed by atoms with E-state index in [2.05, 4.69) is 0 Å². The summed E-state index contributed by atoms with van der Waals surface area (Å²) in [5.41, 5.74) is 2.29. The van der Waals surface area contributed by atoms with Crippen molar-refractivity contribution in [3.05, 3.63) is 35.4 Å². The van der Waals surface area contributed by atoms with Gasteiger partial charge in [0.15, 0.2) is 9.84 Å². The summed E-state index contributed by atoms with van der Waals surface area (Å²) in [6.45, 7) is 4.42. The fourth-order valence-electron chi connectivity index (χ4n) is 2.64. The van der Waals surface area contributed by atoms with Crippen LogP contribution in [0.2, 0.25) is 0 Å². The minimum Gasteiger partial charge on any atom is -0.324 e. The molecule has 2 atom stereocenters. The largest absolute Gasteiger partial charge is 0.324 e. The Morgan fingerprint density at radius 2 is 2.00 bits per heavy atom. The molecule has 0 aromatic heterocycles. The van der Waals surface area contributed by atoms with Gasteiger partial charge < -0.3 is 4.90 Å². The first-order chi connectivity index (χ1) is 10.3. The maximum absolute atomic E-state index is 12.7.